The Kier molecular flexibility index (Phi) is 5.22. The number of hydrogen-bond donors (Lipinski definition) is 1. The maximum Gasteiger partial charge on any atom is 0.273 e. The largest absolute Gasteiger partial charge is 0.346 e. The molecule has 1 N–H and O–H groups in total. The number of carbonyl (C=O) groups is 2. The van der Waals surface area contributed by atoms with Crippen LogP contribution >= 0.6 is 11.6 Å². The molecule has 2 amide bonds. The summed E-state index contributed by atoms with van der Waals surface area (Å²) in [4.78, 5) is 30.1. The highest BCUT2D eigenvalue weighted by atomic mass is 35.5. The molecule has 146 valence electrons. The molecule has 0 unspecified atom stereocenters. The van der Waals surface area contributed by atoms with Crippen molar-refractivity contribution in [1.82, 2.24) is 20.5 Å². The molecule has 1 aliphatic rings. The van der Waals surface area contributed by atoms with E-state index in [-0.39, 0.29) is 23.2 Å². The first kappa shape index (κ1) is 19.0. The fourth-order valence-electron chi connectivity index (χ4n) is 3.31. The van der Waals surface area contributed by atoms with E-state index in [4.69, 9.17) is 11.6 Å². The zero-order valence-electron chi connectivity index (χ0n) is 15.7. The van der Waals surface area contributed by atoms with Crippen LogP contribution in [0.2, 0.25) is 5.02 Å². The van der Waals surface area contributed by atoms with E-state index in [0.29, 0.717) is 6.42 Å². The third-order valence-electron chi connectivity index (χ3n) is 4.89. The van der Waals surface area contributed by atoms with Gasteiger partial charge in [0.15, 0.2) is 5.69 Å². The van der Waals surface area contributed by atoms with Crippen molar-refractivity contribution in [3.8, 4) is 11.1 Å². The van der Waals surface area contributed by atoms with Gasteiger partial charge in [-0.3, -0.25) is 14.6 Å². The molecule has 8 heteroatoms. The number of fused-ring (bicyclic) bond motifs is 1. The molecule has 0 atom stereocenters. The molecule has 0 radical (unpaired) electrons. The minimum atomic E-state index is -0.394. The number of rotatable bonds is 4. The fraction of sp³-hybridized carbons (Fsp3) is 0.190. The van der Waals surface area contributed by atoms with Gasteiger partial charge in [0.1, 0.15) is 0 Å². The lowest BCUT2D eigenvalue weighted by Crippen LogP contribution is -2.30. The van der Waals surface area contributed by atoms with Gasteiger partial charge in [0.25, 0.3) is 5.91 Å². The topological polar surface area (TPSA) is 88.1 Å². The van der Waals surface area contributed by atoms with E-state index in [2.05, 4.69) is 26.6 Å². The maximum absolute atomic E-state index is 12.3. The van der Waals surface area contributed by atoms with Crippen LogP contribution < -0.4 is 10.2 Å². The first-order chi connectivity index (χ1) is 14.0. The van der Waals surface area contributed by atoms with Crippen LogP contribution in [0.4, 0.5) is 5.69 Å². The lowest BCUT2D eigenvalue weighted by atomic mass is 9.96. The third-order valence-corrected chi connectivity index (χ3v) is 5.20. The number of aryl methyl sites for hydroxylation is 1. The summed E-state index contributed by atoms with van der Waals surface area (Å²) in [5.74, 6) is -0.261. The molecule has 7 nitrogen and oxygen atoms in total. The molecule has 0 spiro atoms. The van der Waals surface area contributed by atoms with Gasteiger partial charge >= 0.3 is 0 Å². The third kappa shape index (κ3) is 3.95. The van der Waals surface area contributed by atoms with Crippen molar-refractivity contribution in [2.24, 2.45) is 0 Å². The predicted octanol–water partition coefficient (Wildman–Crippen LogP) is 3.03. The summed E-state index contributed by atoms with van der Waals surface area (Å²) in [6, 6.07) is 9.54. The molecule has 0 saturated heterocycles. The van der Waals surface area contributed by atoms with Crippen LogP contribution in [0.3, 0.4) is 0 Å². The average Bonchev–Trinajstić information content (AvgIpc) is 2.75. The number of nitrogens with zero attached hydrogens (tertiary/aromatic N) is 4. The quantitative estimate of drug-likeness (QED) is 0.718. The monoisotopic (exact) mass is 407 g/mol. The molecule has 0 bridgehead atoms. The van der Waals surface area contributed by atoms with E-state index in [1.807, 2.05) is 18.2 Å². The second-order valence-corrected chi connectivity index (χ2v) is 7.20. The number of carbonyl (C=O) groups excluding carboxylic acids is 2. The van der Waals surface area contributed by atoms with Crippen LogP contribution in [0.1, 0.15) is 28.0 Å². The summed E-state index contributed by atoms with van der Waals surface area (Å²) in [6.45, 7) is 0.286. The van der Waals surface area contributed by atoms with Crippen molar-refractivity contribution in [1.29, 1.82) is 0 Å². The standard InChI is InChI=1S/C21H18ClN5O2/c1-27-18-4-2-14(9-15(18)3-5-19(27)28)16-8-13(10-23-12-16)11-24-21(29)20-17(22)6-7-25-26-20/h2,4,6-10,12H,3,5,11H2,1H3,(H,24,29). The maximum atomic E-state index is 12.3. The fourth-order valence-corrected chi connectivity index (χ4v) is 3.49. The minimum Gasteiger partial charge on any atom is -0.346 e. The zero-order valence-corrected chi connectivity index (χ0v) is 16.5. The summed E-state index contributed by atoms with van der Waals surface area (Å²) in [7, 11) is 1.80. The molecule has 1 aliphatic heterocycles. The summed E-state index contributed by atoms with van der Waals surface area (Å²) >= 11 is 5.98. The summed E-state index contributed by atoms with van der Waals surface area (Å²) < 4.78 is 0. The van der Waals surface area contributed by atoms with Crippen LogP contribution in [0.25, 0.3) is 11.1 Å². The second-order valence-electron chi connectivity index (χ2n) is 6.79. The summed E-state index contributed by atoms with van der Waals surface area (Å²) in [5.41, 5.74) is 4.98. The highest BCUT2D eigenvalue weighted by Gasteiger charge is 2.21. The van der Waals surface area contributed by atoms with Gasteiger partial charge < -0.3 is 10.2 Å². The van der Waals surface area contributed by atoms with Crippen LogP contribution in [0.5, 0.6) is 0 Å². The summed E-state index contributed by atoms with van der Waals surface area (Å²) in [5, 5.41) is 10.5. The Morgan fingerprint density at radius 3 is 2.86 bits per heavy atom. The Bertz CT molecular complexity index is 1100. The Hall–Kier alpha value is -3.32. The molecule has 0 aliphatic carbocycles. The Balaban J connectivity index is 1.51. The molecule has 3 aromatic rings. The number of anilines is 1. The van der Waals surface area contributed by atoms with Crippen LogP contribution in [0.15, 0.2) is 48.9 Å². The Morgan fingerprint density at radius 2 is 2.03 bits per heavy atom. The number of aromatic nitrogens is 3. The number of halogens is 1. The van der Waals surface area contributed by atoms with Gasteiger partial charge in [-0.05, 0) is 47.4 Å². The first-order valence-electron chi connectivity index (χ1n) is 9.12. The van der Waals surface area contributed by atoms with Crippen LogP contribution in [-0.4, -0.2) is 34.0 Å². The van der Waals surface area contributed by atoms with Crippen LogP contribution in [0, 0.1) is 0 Å². The average molecular weight is 408 g/mol. The van der Waals surface area contributed by atoms with Gasteiger partial charge in [0.05, 0.1) is 11.2 Å². The molecule has 4 rings (SSSR count). The lowest BCUT2D eigenvalue weighted by molar-refractivity contribution is -0.118. The number of amides is 2. The normalized spacial score (nSPS) is 13.2. The number of nitrogens with one attached hydrogen (secondary N) is 1. The van der Waals surface area contributed by atoms with Gasteiger partial charge in [-0.2, -0.15) is 5.10 Å². The molecular weight excluding hydrogens is 390 g/mol. The van der Waals surface area contributed by atoms with E-state index in [1.165, 1.54) is 12.3 Å². The molecule has 0 saturated carbocycles. The van der Waals surface area contributed by atoms with Crippen molar-refractivity contribution in [2.45, 2.75) is 19.4 Å². The van der Waals surface area contributed by atoms with Gasteiger partial charge in [-0.1, -0.05) is 17.7 Å². The Labute approximate surface area is 172 Å². The smallest absolute Gasteiger partial charge is 0.273 e. The molecule has 1 aromatic carbocycles. The Morgan fingerprint density at radius 1 is 1.17 bits per heavy atom. The SMILES string of the molecule is CN1C(=O)CCc2cc(-c3cncc(CNC(=O)c4nnccc4Cl)c3)ccc21. The minimum absolute atomic E-state index is 0.0895. The highest BCUT2D eigenvalue weighted by Crippen LogP contribution is 2.31. The van der Waals surface area contributed by atoms with Crippen molar-refractivity contribution in [2.75, 3.05) is 11.9 Å². The van der Waals surface area contributed by atoms with E-state index in [9.17, 15) is 9.59 Å². The number of hydrogen-bond acceptors (Lipinski definition) is 5. The summed E-state index contributed by atoms with van der Waals surface area (Å²) in [6.07, 6.45) is 6.16. The van der Waals surface area contributed by atoms with Crippen LogP contribution in [-0.2, 0) is 17.8 Å². The molecule has 0 fully saturated rings. The lowest BCUT2D eigenvalue weighted by Gasteiger charge is -2.26. The predicted molar refractivity (Wildman–Crippen MR) is 110 cm³/mol. The molecule has 3 heterocycles. The molecular formula is C21H18ClN5O2. The van der Waals surface area contributed by atoms with E-state index >= 15 is 0 Å². The molecule has 2 aromatic heterocycles. The number of pyridine rings is 1. The van der Waals surface area contributed by atoms with Crippen molar-refractivity contribution < 1.29 is 9.59 Å². The highest BCUT2D eigenvalue weighted by molar-refractivity contribution is 6.33. The van der Waals surface area contributed by atoms with Gasteiger partial charge in [-0.25, -0.2) is 0 Å². The van der Waals surface area contributed by atoms with Crippen molar-refractivity contribution >= 4 is 29.1 Å². The van der Waals surface area contributed by atoms with Gasteiger partial charge in [-0.15, -0.1) is 5.10 Å². The van der Waals surface area contributed by atoms with E-state index in [1.54, 1.807) is 24.3 Å². The number of benzene rings is 1. The zero-order chi connectivity index (χ0) is 20.4. The first-order valence-corrected chi connectivity index (χ1v) is 9.50. The van der Waals surface area contributed by atoms with Gasteiger partial charge in [0, 0.05) is 43.7 Å². The van der Waals surface area contributed by atoms with E-state index < -0.39 is 5.91 Å². The van der Waals surface area contributed by atoms with Gasteiger partial charge in [0.2, 0.25) is 5.91 Å². The second kappa shape index (κ2) is 7.97. The van der Waals surface area contributed by atoms with E-state index in [0.717, 1.165) is 34.4 Å². The van der Waals surface area contributed by atoms with Crippen molar-refractivity contribution in [3.05, 3.63) is 70.8 Å². The molecule has 29 heavy (non-hydrogen) atoms. The van der Waals surface area contributed by atoms with Crippen molar-refractivity contribution in [3.63, 3.8) is 0 Å².